The van der Waals surface area contributed by atoms with Gasteiger partial charge < -0.3 is 29.7 Å². The molecule has 2 aromatic carbocycles. The lowest BCUT2D eigenvalue weighted by atomic mass is 9.87. The minimum Gasteiger partial charge on any atom is -0.497 e. The van der Waals surface area contributed by atoms with Gasteiger partial charge >= 0.3 is 6.03 Å². The Morgan fingerprint density at radius 2 is 1.54 bits per heavy atom. The van der Waals surface area contributed by atoms with E-state index in [-0.39, 0.29) is 29.9 Å². The van der Waals surface area contributed by atoms with Crippen molar-refractivity contribution in [1.82, 2.24) is 15.5 Å². The second-order valence-electron chi connectivity index (χ2n) is 9.36. The van der Waals surface area contributed by atoms with Crippen molar-refractivity contribution >= 4 is 11.9 Å². The molecule has 2 N–H and O–H groups in total. The van der Waals surface area contributed by atoms with Crippen LogP contribution >= 0.6 is 0 Å². The lowest BCUT2D eigenvalue weighted by Gasteiger charge is -2.39. The van der Waals surface area contributed by atoms with Gasteiger partial charge in [0.1, 0.15) is 11.8 Å². The highest BCUT2D eigenvalue weighted by Gasteiger charge is 2.35. The van der Waals surface area contributed by atoms with E-state index in [2.05, 4.69) is 10.6 Å². The van der Waals surface area contributed by atoms with Gasteiger partial charge in [-0.3, -0.25) is 4.79 Å². The molecule has 1 heterocycles. The van der Waals surface area contributed by atoms with Crippen LogP contribution in [0.1, 0.15) is 50.4 Å². The molecule has 3 rings (SSSR count). The van der Waals surface area contributed by atoms with Gasteiger partial charge in [0.15, 0.2) is 11.5 Å². The smallest absolute Gasteiger partial charge is 0.318 e. The third-order valence-electron chi connectivity index (χ3n) is 6.23. The predicted molar refractivity (Wildman–Crippen MR) is 135 cm³/mol. The van der Waals surface area contributed by atoms with Gasteiger partial charge in [0.2, 0.25) is 5.91 Å². The van der Waals surface area contributed by atoms with Gasteiger partial charge in [-0.2, -0.15) is 0 Å². The molecule has 0 radical (unpaired) electrons. The number of amides is 3. The number of methoxy groups -OCH3 is 3. The van der Waals surface area contributed by atoms with Crippen LogP contribution in [0.25, 0.3) is 0 Å². The minimum absolute atomic E-state index is 0.0167. The standard InChI is InChI=1S/C27H37N3O5/c1-16(2)24(26(31)28-17(3)4)29-27(32)30-13-12-19-14-22(34-6)23(35-7)15-21(19)25(30)18-8-10-20(33-5)11-9-18/h8-11,14-17,24-25H,12-13H2,1-7H3,(H,28,31)(H,29,32)/t24-,25?/m0/s1. The Bertz CT molecular complexity index is 1040. The van der Waals surface area contributed by atoms with Gasteiger partial charge in [-0.1, -0.05) is 26.0 Å². The van der Waals surface area contributed by atoms with E-state index in [1.165, 1.54) is 0 Å². The molecule has 0 saturated heterocycles. The molecule has 8 heteroatoms. The number of hydrogen-bond acceptors (Lipinski definition) is 5. The number of carbonyl (C=O) groups is 2. The Kier molecular flexibility index (Phi) is 8.48. The maximum Gasteiger partial charge on any atom is 0.318 e. The second kappa shape index (κ2) is 11.3. The number of hydrogen-bond donors (Lipinski definition) is 2. The largest absolute Gasteiger partial charge is 0.497 e. The number of fused-ring (bicyclic) bond motifs is 1. The lowest BCUT2D eigenvalue weighted by Crippen LogP contribution is -2.55. The van der Waals surface area contributed by atoms with Gasteiger partial charge in [-0.05, 0) is 67.1 Å². The van der Waals surface area contributed by atoms with Crippen LogP contribution in [0.15, 0.2) is 36.4 Å². The van der Waals surface area contributed by atoms with Crippen LogP contribution in [0.3, 0.4) is 0 Å². The first-order valence-electron chi connectivity index (χ1n) is 12.0. The summed E-state index contributed by atoms with van der Waals surface area (Å²) in [7, 11) is 4.83. The monoisotopic (exact) mass is 483 g/mol. The van der Waals surface area contributed by atoms with Gasteiger partial charge in [-0.25, -0.2) is 4.79 Å². The summed E-state index contributed by atoms with van der Waals surface area (Å²) in [6.45, 7) is 8.14. The molecule has 3 amide bonds. The molecule has 8 nitrogen and oxygen atoms in total. The Morgan fingerprint density at radius 3 is 2.09 bits per heavy atom. The number of benzene rings is 2. The average molecular weight is 484 g/mol. The normalized spacial score (nSPS) is 15.9. The third kappa shape index (κ3) is 5.81. The summed E-state index contributed by atoms with van der Waals surface area (Å²) in [5.74, 6) is 1.73. The van der Waals surface area contributed by atoms with Crippen molar-refractivity contribution in [2.45, 2.75) is 52.2 Å². The SMILES string of the molecule is COc1ccc(C2c3cc(OC)c(OC)cc3CCN2C(=O)N[C@H](C(=O)NC(C)C)C(C)C)cc1. The van der Waals surface area contributed by atoms with Crippen molar-refractivity contribution in [3.63, 3.8) is 0 Å². The summed E-state index contributed by atoms with van der Waals surface area (Å²) >= 11 is 0. The van der Waals surface area contributed by atoms with E-state index >= 15 is 0 Å². The van der Waals surface area contributed by atoms with E-state index in [1.807, 2.05) is 64.1 Å². The van der Waals surface area contributed by atoms with Crippen LogP contribution < -0.4 is 24.8 Å². The molecule has 1 aliphatic rings. The van der Waals surface area contributed by atoms with E-state index in [0.717, 1.165) is 22.4 Å². The van der Waals surface area contributed by atoms with Gasteiger partial charge in [0, 0.05) is 12.6 Å². The fraction of sp³-hybridized carbons (Fsp3) is 0.481. The van der Waals surface area contributed by atoms with E-state index in [9.17, 15) is 9.59 Å². The summed E-state index contributed by atoms with van der Waals surface area (Å²) in [4.78, 5) is 28.2. The topological polar surface area (TPSA) is 89.1 Å². The first-order chi connectivity index (χ1) is 16.7. The first-order valence-corrected chi connectivity index (χ1v) is 12.0. The average Bonchev–Trinajstić information content (AvgIpc) is 2.84. The number of ether oxygens (including phenoxy) is 3. The zero-order valence-electron chi connectivity index (χ0n) is 21.7. The zero-order valence-corrected chi connectivity index (χ0v) is 21.7. The van der Waals surface area contributed by atoms with Crippen molar-refractivity contribution in [3.8, 4) is 17.2 Å². The number of urea groups is 1. The van der Waals surface area contributed by atoms with Gasteiger partial charge in [-0.15, -0.1) is 0 Å². The summed E-state index contributed by atoms with van der Waals surface area (Å²) in [5, 5.41) is 5.90. The molecule has 0 aliphatic carbocycles. The molecule has 190 valence electrons. The highest BCUT2D eigenvalue weighted by atomic mass is 16.5. The summed E-state index contributed by atoms with van der Waals surface area (Å²) in [6.07, 6.45) is 0.653. The van der Waals surface area contributed by atoms with Crippen molar-refractivity contribution in [2.75, 3.05) is 27.9 Å². The quantitative estimate of drug-likeness (QED) is 0.594. The second-order valence-corrected chi connectivity index (χ2v) is 9.36. The van der Waals surface area contributed by atoms with Crippen LogP contribution in [-0.2, 0) is 11.2 Å². The van der Waals surface area contributed by atoms with Crippen molar-refractivity contribution in [3.05, 3.63) is 53.1 Å². The zero-order chi connectivity index (χ0) is 25.7. The molecule has 0 spiro atoms. The number of nitrogens with zero attached hydrogens (tertiary/aromatic N) is 1. The predicted octanol–water partition coefficient (Wildman–Crippen LogP) is 3.92. The van der Waals surface area contributed by atoms with E-state index in [1.54, 1.807) is 26.2 Å². The third-order valence-corrected chi connectivity index (χ3v) is 6.23. The molecular weight excluding hydrogens is 446 g/mol. The molecular formula is C27H37N3O5. The fourth-order valence-electron chi connectivity index (χ4n) is 4.44. The lowest BCUT2D eigenvalue weighted by molar-refractivity contribution is -0.124. The van der Waals surface area contributed by atoms with Gasteiger partial charge in [0.05, 0.1) is 27.4 Å². The minimum atomic E-state index is -0.645. The van der Waals surface area contributed by atoms with Crippen LogP contribution in [0.4, 0.5) is 4.79 Å². The molecule has 0 saturated carbocycles. The number of nitrogens with one attached hydrogen (secondary N) is 2. The van der Waals surface area contributed by atoms with E-state index in [0.29, 0.717) is 24.5 Å². The Balaban J connectivity index is 2.02. The van der Waals surface area contributed by atoms with E-state index in [4.69, 9.17) is 14.2 Å². The van der Waals surface area contributed by atoms with E-state index < -0.39 is 6.04 Å². The Labute approximate surface area is 207 Å². The molecule has 0 fully saturated rings. The maximum atomic E-state index is 13.7. The summed E-state index contributed by atoms with van der Waals surface area (Å²) in [6, 6.07) is 10.3. The number of carbonyl (C=O) groups excluding carboxylic acids is 2. The van der Waals surface area contributed by atoms with Gasteiger partial charge in [0.25, 0.3) is 0 Å². The summed E-state index contributed by atoms with van der Waals surface area (Å²) < 4.78 is 16.4. The fourth-order valence-corrected chi connectivity index (χ4v) is 4.44. The van der Waals surface area contributed by atoms with Crippen LogP contribution in [0.2, 0.25) is 0 Å². The molecule has 2 aromatic rings. The van der Waals surface area contributed by atoms with Crippen molar-refractivity contribution in [1.29, 1.82) is 0 Å². The first kappa shape index (κ1) is 26.2. The van der Waals surface area contributed by atoms with Crippen LogP contribution in [0.5, 0.6) is 17.2 Å². The highest BCUT2D eigenvalue weighted by molar-refractivity contribution is 5.87. The molecule has 1 unspecified atom stereocenters. The Hall–Kier alpha value is -3.42. The molecule has 2 atom stereocenters. The Morgan fingerprint density at radius 1 is 0.914 bits per heavy atom. The van der Waals surface area contributed by atoms with Crippen molar-refractivity contribution in [2.24, 2.45) is 5.92 Å². The van der Waals surface area contributed by atoms with Crippen molar-refractivity contribution < 1.29 is 23.8 Å². The molecule has 1 aliphatic heterocycles. The summed E-state index contributed by atoms with van der Waals surface area (Å²) in [5.41, 5.74) is 2.98. The molecule has 0 bridgehead atoms. The molecule has 35 heavy (non-hydrogen) atoms. The maximum absolute atomic E-state index is 13.7. The van der Waals surface area contributed by atoms with Crippen LogP contribution in [-0.4, -0.2) is 56.8 Å². The van der Waals surface area contributed by atoms with Crippen LogP contribution in [0, 0.1) is 5.92 Å². The molecule has 0 aromatic heterocycles. The number of rotatable bonds is 8. The highest BCUT2D eigenvalue weighted by Crippen LogP contribution is 2.41.